The van der Waals surface area contributed by atoms with Crippen molar-refractivity contribution in [3.05, 3.63) is 23.8 Å². The molecule has 0 aliphatic carbocycles. The molecular weight excluding hydrogens is 269 g/mol. The summed E-state index contributed by atoms with van der Waals surface area (Å²) >= 11 is -0.137. The maximum atomic E-state index is 11.8. The number of thioether (sulfide) groups is 1. The summed E-state index contributed by atoms with van der Waals surface area (Å²) in [5.41, 5.74) is 1.64. The standard InChI is InChI=1S/C10H11F3N2O2S/c11-10(12,13)18-4-3-15-6-1-2-8(14)7(5-6)9(16)17/h1-2,5,15H,3-4,14H2,(H,16,17). The van der Waals surface area contributed by atoms with Crippen molar-refractivity contribution in [2.24, 2.45) is 0 Å². The lowest BCUT2D eigenvalue weighted by Gasteiger charge is -2.09. The highest BCUT2D eigenvalue weighted by molar-refractivity contribution is 8.00. The second-order valence-electron chi connectivity index (χ2n) is 3.33. The fourth-order valence-electron chi connectivity index (χ4n) is 1.21. The molecule has 0 fully saturated rings. The second kappa shape index (κ2) is 5.85. The fraction of sp³-hybridized carbons (Fsp3) is 0.300. The zero-order valence-corrected chi connectivity index (χ0v) is 9.94. The number of alkyl halides is 3. The Balaban J connectivity index is 2.53. The van der Waals surface area contributed by atoms with Gasteiger partial charge in [0, 0.05) is 23.7 Å². The van der Waals surface area contributed by atoms with Crippen LogP contribution in [0.5, 0.6) is 0 Å². The Kier molecular flexibility index (Phi) is 4.71. The summed E-state index contributed by atoms with van der Waals surface area (Å²) in [7, 11) is 0. The molecule has 0 amide bonds. The molecule has 0 saturated heterocycles. The molecular formula is C10H11F3N2O2S. The van der Waals surface area contributed by atoms with Gasteiger partial charge in [-0.2, -0.15) is 13.2 Å². The number of hydrogen-bond donors (Lipinski definition) is 3. The molecule has 0 radical (unpaired) electrons. The summed E-state index contributed by atoms with van der Waals surface area (Å²) in [6.07, 6.45) is 0. The van der Waals surface area contributed by atoms with Crippen LogP contribution in [0.1, 0.15) is 10.4 Å². The van der Waals surface area contributed by atoms with Crippen molar-refractivity contribution in [1.29, 1.82) is 0 Å². The molecule has 4 N–H and O–H groups in total. The van der Waals surface area contributed by atoms with Crippen molar-refractivity contribution in [2.45, 2.75) is 5.51 Å². The number of nitrogens with two attached hydrogens (primary N) is 1. The van der Waals surface area contributed by atoms with Crippen LogP contribution in [0.2, 0.25) is 0 Å². The van der Waals surface area contributed by atoms with Gasteiger partial charge in [-0.3, -0.25) is 0 Å². The molecule has 0 saturated carbocycles. The lowest BCUT2D eigenvalue weighted by molar-refractivity contribution is -0.0327. The Labute approximate surface area is 105 Å². The maximum Gasteiger partial charge on any atom is 0.441 e. The van der Waals surface area contributed by atoms with E-state index >= 15 is 0 Å². The Morgan fingerprint density at radius 2 is 2.11 bits per heavy atom. The van der Waals surface area contributed by atoms with Gasteiger partial charge < -0.3 is 16.2 Å². The van der Waals surface area contributed by atoms with Gasteiger partial charge in [-0.05, 0) is 30.0 Å². The Morgan fingerprint density at radius 1 is 1.44 bits per heavy atom. The van der Waals surface area contributed by atoms with Gasteiger partial charge in [-0.25, -0.2) is 4.79 Å². The molecule has 8 heteroatoms. The van der Waals surface area contributed by atoms with Gasteiger partial charge in [0.05, 0.1) is 5.56 Å². The van der Waals surface area contributed by atoms with Gasteiger partial charge in [-0.1, -0.05) is 0 Å². The third-order valence-electron chi connectivity index (χ3n) is 1.98. The van der Waals surface area contributed by atoms with Crippen molar-refractivity contribution in [1.82, 2.24) is 0 Å². The van der Waals surface area contributed by atoms with Crippen LogP contribution in [0.3, 0.4) is 0 Å². The monoisotopic (exact) mass is 280 g/mol. The topological polar surface area (TPSA) is 75.3 Å². The van der Waals surface area contributed by atoms with Crippen molar-refractivity contribution in [3.63, 3.8) is 0 Å². The molecule has 0 atom stereocenters. The van der Waals surface area contributed by atoms with Crippen molar-refractivity contribution in [3.8, 4) is 0 Å². The summed E-state index contributed by atoms with van der Waals surface area (Å²) in [6, 6.07) is 4.19. The number of aromatic carboxylic acids is 1. The highest BCUT2D eigenvalue weighted by Crippen LogP contribution is 2.29. The maximum absolute atomic E-state index is 11.8. The number of carboxylic acids is 1. The molecule has 0 unspecified atom stereocenters. The zero-order valence-electron chi connectivity index (χ0n) is 9.12. The third-order valence-corrected chi connectivity index (χ3v) is 2.72. The number of hydrogen-bond acceptors (Lipinski definition) is 4. The van der Waals surface area contributed by atoms with Crippen LogP contribution in [0, 0.1) is 0 Å². The predicted octanol–water partition coefficient (Wildman–Crippen LogP) is 2.63. The SMILES string of the molecule is Nc1ccc(NCCSC(F)(F)F)cc1C(=O)O. The minimum Gasteiger partial charge on any atom is -0.478 e. The van der Waals surface area contributed by atoms with Crippen LogP contribution in [0.4, 0.5) is 24.5 Å². The van der Waals surface area contributed by atoms with Gasteiger partial charge >= 0.3 is 11.5 Å². The summed E-state index contributed by atoms with van der Waals surface area (Å²) < 4.78 is 35.5. The van der Waals surface area contributed by atoms with Crippen LogP contribution >= 0.6 is 11.8 Å². The van der Waals surface area contributed by atoms with Gasteiger partial charge in [0.2, 0.25) is 0 Å². The number of anilines is 2. The number of carbonyl (C=O) groups is 1. The number of nitrogens with one attached hydrogen (secondary N) is 1. The van der Waals surface area contributed by atoms with Crippen LogP contribution in [-0.4, -0.2) is 28.9 Å². The summed E-state index contributed by atoms with van der Waals surface area (Å²) in [6.45, 7) is 0.0765. The quantitative estimate of drug-likeness (QED) is 0.571. The normalized spacial score (nSPS) is 11.3. The van der Waals surface area contributed by atoms with E-state index in [0.717, 1.165) is 0 Å². The summed E-state index contributed by atoms with van der Waals surface area (Å²) in [5.74, 6) is -1.34. The predicted molar refractivity (Wildman–Crippen MR) is 64.8 cm³/mol. The number of benzene rings is 1. The summed E-state index contributed by atoms with van der Waals surface area (Å²) in [4.78, 5) is 10.8. The molecule has 0 bridgehead atoms. The first-order chi connectivity index (χ1) is 8.29. The van der Waals surface area contributed by atoms with Crippen LogP contribution < -0.4 is 11.1 Å². The molecule has 0 aliphatic heterocycles. The van der Waals surface area contributed by atoms with E-state index in [1.807, 2.05) is 0 Å². The molecule has 1 aromatic rings. The van der Waals surface area contributed by atoms with E-state index in [4.69, 9.17) is 10.8 Å². The highest BCUT2D eigenvalue weighted by atomic mass is 32.2. The van der Waals surface area contributed by atoms with E-state index in [-0.39, 0.29) is 35.3 Å². The van der Waals surface area contributed by atoms with Crippen LogP contribution in [0.25, 0.3) is 0 Å². The number of halogens is 3. The van der Waals surface area contributed by atoms with Gasteiger partial charge in [0.25, 0.3) is 0 Å². The Morgan fingerprint density at radius 3 is 2.67 bits per heavy atom. The van der Waals surface area contributed by atoms with Crippen molar-refractivity contribution >= 4 is 29.1 Å². The van der Waals surface area contributed by atoms with E-state index in [9.17, 15) is 18.0 Å². The minimum atomic E-state index is -4.25. The van der Waals surface area contributed by atoms with Crippen molar-refractivity contribution < 1.29 is 23.1 Å². The minimum absolute atomic E-state index is 0.0765. The summed E-state index contributed by atoms with van der Waals surface area (Å²) in [5, 5.41) is 11.5. The number of carboxylic acid groups (broad SMARTS) is 1. The number of rotatable bonds is 5. The van der Waals surface area contributed by atoms with E-state index < -0.39 is 11.5 Å². The first-order valence-corrected chi connectivity index (χ1v) is 5.85. The van der Waals surface area contributed by atoms with Crippen LogP contribution in [-0.2, 0) is 0 Å². The van der Waals surface area contributed by atoms with E-state index in [0.29, 0.717) is 5.69 Å². The first kappa shape index (κ1) is 14.5. The molecule has 18 heavy (non-hydrogen) atoms. The van der Waals surface area contributed by atoms with Gasteiger partial charge in [0.15, 0.2) is 0 Å². The fourth-order valence-corrected chi connectivity index (χ4v) is 1.65. The van der Waals surface area contributed by atoms with Gasteiger partial charge in [0.1, 0.15) is 0 Å². The molecule has 0 aromatic heterocycles. The largest absolute Gasteiger partial charge is 0.478 e. The number of nitrogen functional groups attached to an aromatic ring is 1. The molecule has 4 nitrogen and oxygen atoms in total. The molecule has 0 heterocycles. The smallest absolute Gasteiger partial charge is 0.441 e. The highest BCUT2D eigenvalue weighted by Gasteiger charge is 2.27. The van der Waals surface area contributed by atoms with Gasteiger partial charge in [-0.15, -0.1) is 0 Å². The lowest BCUT2D eigenvalue weighted by Crippen LogP contribution is -2.10. The second-order valence-corrected chi connectivity index (χ2v) is 4.49. The van der Waals surface area contributed by atoms with E-state index in [1.54, 1.807) is 0 Å². The van der Waals surface area contributed by atoms with Crippen LogP contribution in [0.15, 0.2) is 18.2 Å². The van der Waals surface area contributed by atoms with E-state index in [1.165, 1.54) is 18.2 Å². The molecule has 1 rings (SSSR count). The first-order valence-electron chi connectivity index (χ1n) is 4.87. The molecule has 0 spiro atoms. The van der Waals surface area contributed by atoms with Crippen molar-refractivity contribution in [2.75, 3.05) is 23.3 Å². The zero-order chi connectivity index (χ0) is 13.8. The Bertz CT molecular complexity index is 438. The molecule has 100 valence electrons. The van der Waals surface area contributed by atoms with E-state index in [2.05, 4.69) is 5.32 Å². The Hall–Kier alpha value is -1.57. The molecule has 0 aliphatic rings. The molecule has 1 aromatic carbocycles. The lowest BCUT2D eigenvalue weighted by atomic mass is 10.1. The average molecular weight is 280 g/mol. The third kappa shape index (κ3) is 4.74. The average Bonchev–Trinajstić information content (AvgIpc) is 2.24.